The minimum Gasteiger partial charge on any atom is -0.454 e. The molecule has 0 N–H and O–H groups in total. The highest BCUT2D eigenvalue weighted by molar-refractivity contribution is 6.22. The topological polar surface area (TPSA) is 103 Å². The van der Waals surface area contributed by atoms with E-state index in [1.54, 1.807) is 18.2 Å². The number of ether oxygens (including phenoxy) is 1. The molecule has 1 unspecified atom stereocenters. The van der Waals surface area contributed by atoms with Crippen molar-refractivity contribution in [3.8, 4) is 11.4 Å². The Labute approximate surface area is 172 Å². The average Bonchev–Trinajstić information content (AvgIpc) is 3.29. The van der Waals surface area contributed by atoms with Crippen molar-refractivity contribution in [3.63, 3.8) is 0 Å². The van der Waals surface area contributed by atoms with Crippen LogP contribution in [0.25, 0.3) is 11.4 Å². The standard InChI is InChI=1S/C22H19N3O5/c1-12-4-7-15(8-5-12)19-23-18(30-24-19)11-29-22(28)14(3)25-20(26)16-9-6-13(2)10-17(16)21(25)27/h4-10,14H,11H2,1-3H3. The fourth-order valence-electron chi connectivity index (χ4n) is 3.22. The van der Waals surface area contributed by atoms with E-state index < -0.39 is 23.8 Å². The van der Waals surface area contributed by atoms with Gasteiger partial charge in [0.1, 0.15) is 6.04 Å². The molecule has 2 amide bonds. The van der Waals surface area contributed by atoms with Crippen LogP contribution < -0.4 is 0 Å². The molecule has 0 saturated carbocycles. The Morgan fingerprint density at radius 2 is 1.70 bits per heavy atom. The van der Waals surface area contributed by atoms with Crippen LogP contribution in [0.5, 0.6) is 0 Å². The smallest absolute Gasteiger partial charge is 0.329 e. The average molecular weight is 405 g/mol. The Bertz CT molecular complexity index is 1150. The molecule has 4 rings (SSSR count). The number of benzene rings is 2. The van der Waals surface area contributed by atoms with E-state index in [1.165, 1.54) is 6.92 Å². The molecule has 3 aromatic rings. The first-order valence-electron chi connectivity index (χ1n) is 9.40. The Kier molecular flexibility index (Phi) is 4.91. The van der Waals surface area contributed by atoms with Gasteiger partial charge in [-0.2, -0.15) is 4.98 Å². The maximum atomic E-state index is 12.6. The molecular weight excluding hydrogens is 386 g/mol. The molecule has 8 nitrogen and oxygen atoms in total. The van der Waals surface area contributed by atoms with Crippen LogP contribution in [0.15, 0.2) is 47.0 Å². The van der Waals surface area contributed by atoms with E-state index in [0.29, 0.717) is 11.4 Å². The van der Waals surface area contributed by atoms with Gasteiger partial charge in [-0.3, -0.25) is 14.5 Å². The van der Waals surface area contributed by atoms with Crippen LogP contribution in [0, 0.1) is 13.8 Å². The second-order valence-electron chi connectivity index (χ2n) is 7.19. The fourth-order valence-corrected chi connectivity index (χ4v) is 3.22. The first-order valence-corrected chi connectivity index (χ1v) is 9.40. The highest BCUT2D eigenvalue weighted by atomic mass is 16.6. The van der Waals surface area contributed by atoms with Crippen LogP contribution in [-0.4, -0.2) is 38.9 Å². The maximum Gasteiger partial charge on any atom is 0.329 e. The number of aromatic nitrogens is 2. The third kappa shape index (κ3) is 3.47. The molecule has 2 aromatic carbocycles. The molecule has 30 heavy (non-hydrogen) atoms. The number of carbonyl (C=O) groups is 3. The third-order valence-electron chi connectivity index (χ3n) is 4.92. The van der Waals surface area contributed by atoms with E-state index in [-0.39, 0.29) is 18.1 Å². The molecule has 0 radical (unpaired) electrons. The zero-order valence-electron chi connectivity index (χ0n) is 16.7. The molecule has 0 aliphatic carbocycles. The minimum absolute atomic E-state index is 0.115. The van der Waals surface area contributed by atoms with Crippen LogP contribution in [0.3, 0.4) is 0 Å². The molecule has 1 aliphatic heterocycles. The summed E-state index contributed by atoms with van der Waals surface area (Å²) in [6.07, 6.45) is 0. The summed E-state index contributed by atoms with van der Waals surface area (Å²) in [5, 5.41) is 3.88. The zero-order chi connectivity index (χ0) is 21.4. The summed E-state index contributed by atoms with van der Waals surface area (Å²) in [7, 11) is 0. The van der Waals surface area contributed by atoms with Crippen molar-refractivity contribution in [2.45, 2.75) is 33.4 Å². The first kappa shape index (κ1) is 19.5. The van der Waals surface area contributed by atoms with Gasteiger partial charge in [0, 0.05) is 5.56 Å². The summed E-state index contributed by atoms with van der Waals surface area (Å²) in [5.41, 5.74) is 3.31. The van der Waals surface area contributed by atoms with Crippen molar-refractivity contribution in [3.05, 3.63) is 70.6 Å². The van der Waals surface area contributed by atoms with Crippen molar-refractivity contribution < 1.29 is 23.6 Å². The van der Waals surface area contributed by atoms with Crippen molar-refractivity contribution >= 4 is 17.8 Å². The summed E-state index contributed by atoms with van der Waals surface area (Å²) in [6, 6.07) is 11.5. The largest absolute Gasteiger partial charge is 0.454 e. The molecule has 152 valence electrons. The van der Waals surface area contributed by atoms with Gasteiger partial charge in [-0.05, 0) is 32.9 Å². The number of amides is 2. The van der Waals surface area contributed by atoms with Crippen LogP contribution in [-0.2, 0) is 16.1 Å². The van der Waals surface area contributed by atoms with E-state index >= 15 is 0 Å². The second-order valence-corrected chi connectivity index (χ2v) is 7.19. The number of hydrogen-bond donors (Lipinski definition) is 0. The molecule has 8 heteroatoms. The first-order chi connectivity index (χ1) is 14.3. The lowest BCUT2D eigenvalue weighted by Crippen LogP contribution is -2.43. The predicted molar refractivity (Wildman–Crippen MR) is 105 cm³/mol. The zero-order valence-corrected chi connectivity index (χ0v) is 16.7. The molecule has 0 saturated heterocycles. The lowest BCUT2D eigenvalue weighted by molar-refractivity contribution is -0.149. The van der Waals surface area contributed by atoms with Crippen LogP contribution in [0.1, 0.15) is 44.7 Å². The van der Waals surface area contributed by atoms with Crippen molar-refractivity contribution in [1.82, 2.24) is 15.0 Å². The molecule has 0 spiro atoms. The van der Waals surface area contributed by atoms with Gasteiger partial charge in [-0.15, -0.1) is 0 Å². The summed E-state index contributed by atoms with van der Waals surface area (Å²) >= 11 is 0. The van der Waals surface area contributed by atoms with Gasteiger partial charge in [0.15, 0.2) is 6.61 Å². The Hall–Kier alpha value is -3.81. The van der Waals surface area contributed by atoms with Crippen molar-refractivity contribution in [1.29, 1.82) is 0 Å². The van der Waals surface area contributed by atoms with Crippen molar-refractivity contribution in [2.75, 3.05) is 0 Å². The monoisotopic (exact) mass is 405 g/mol. The van der Waals surface area contributed by atoms with E-state index in [0.717, 1.165) is 21.6 Å². The van der Waals surface area contributed by atoms with Gasteiger partial charge in [0.25, 0.3) is 17.7 Å². The number of rotatable bonds is 5. The predicted octanol–water partition coefficient (Wildman–Crippen LogP) is 3.08. The number of esters is 1. The lowest BCUT2D eigenvalue weighted by atomic mass is 10.1. The molecular formula is C22H19N3O5. The number of imide groups is 1. The highest BCUT2D eigenvalue weighted by Gasteiger charge is 2.41. The number of aryl methyl sites for hydroxylation is 2. The summed E-state index contributed by atoms with van der Waals surface area (Å²) in [5.74, 6) is -1.27. The van der Waals surface area contributed by atoms with Gasteiger partial charge in [-0.1, -0.05) is 46.6 Å². The van der Waals surface area contributed by atoms with E-state index in [4.69, 9.17) is 9.26 Å². The van der Waals surface area contributed by atoms with E-state index in [2.05, 4.69) is 10.1 Å². The number of nitrogens with zero attached hydrogens (tertiary/aromatic N) is 3. The Morgan fingerprint density at radius 1 is 1.03 bits per heavy atom. The molecule has 0 fully saturated rings. The summed E-state index contributed by atoms with van der Waals surface area (Å²) < 4.78 is 10.3. The van der Waals surface area contributed by atoms with Gasteiger partial charge >= 0.3 is 5.97 Å². The molecule has 1 aliphatic rings. The number of carbonyl (C=O) groups excluding carboxylic acids is 3. The summed E-state index contributed by atoms with van der Waals surface area (Å²) in [4.78, 5) is 42.8. The van der Waals surface area contributed by atoms with Crippen molar-refractivity contribution in [2.24, 2.45) is 0 Å². The lowest BCUT2D eigenvalue weighted by Gasteiger charge is -2.20. The van der Waals surface area contributed by atoms with Gasteiger partial charge < -0.3 is 9.26 Å². The van der Waals surface area contributed by atoms with Crippen LogP contribution in [0.4, 0.5) is 0 Å². The SMILES string of the molecule is Cc1ccc(-c2noc(COC(=O)C(C)N3C(=O)c4ccc(C)cc4C3=O)n2)cc1. The normalized spacial score (nSPS) is 14.0. The molecule has 1 aromatic heterocycles. The van der Waals surface area contributed by atoms with Gasteiger partial charge in [-0.25, -0.2) is 4.79 Å². The fraction of sp³-hybridized carbons (Fsp3) is 0.227. The molecule has 0 bridgehead atoms. The third-order valence-corrected chi connectivity index (χ3v) is 4.92. The van der Waals surface area contributed by atoms with Crippen LogP contribution >= 0.6 is 0 Å². The minimum atomic E-state index is -1.09. The Morgan fingerprint density at radius 3 is 2.43 bits per heavy atom. The van der Waals surface area contributed by atoms with Gasteiger partial charge in [0.2, 0.25) is 5.82 Å². The van der Waals surface area contributed by atoms with Crippen LogP contribution in [0.2, 0.25) is 0 Å². The maximum absolute atomic E-state index is 12.6. The number of hydrogen-bond acceptors (Lipinski definition) is 7. The highest BCUT2D eigenvalue weighted by Crippen LogP contribution is 2.26. The van der Waals surface area contributed by atoms with E-state index in [1.807, 2.05) is 38.1 Å². The quantitative estimate of drug-likeness (QED) is 0.475. The Balaban J connectivity index is 1.42. The van der Waals surface area contributed by atoms with E-state index in [9.17, 15) is 14.4 Å². The number of fused-ring (bicyclic) bond motifs is 1. The summed E-state index contributed by atoms with van der Waals surface area (Å²) in [6.45, 7) is 4.99. The van der Waals surface area contributed by atoms with Gasteiger partial charge in [0.05, 0.1) is 11.1 Å². The molecule has 1 atom stereocenters. The molecule has 2 heterocycles. The second kappa shape index (κ2) is 7.55.